The Labute approximate surface area is 179 Å². The smallest absolute Gasteiger partial charge is 0.253 e. The van der Waals surface area contributed by atoms with Crippen molar-refractivity contribution in [1.29, 1.82) is 0 Å². The van der Waals surface area contributed by atoms with Crippen LogP contribution in [0.4, 0.5) is 5.69 Å². The number of likely N-dealkylation sites (tertiary alicyclic amines) is 1. The number of nitrogens with zero attached hydrogens (tertiary/aromatic N) is 2. The van der Waals surface area contributed by atoms with Crippen molar-refractivity contribution in [3.63, 3.8) is 0 Å². The number of nitrogens with one attached hydrogen (secondary N) is 1. The van der Waals surface area contributed by atoms with E-state index >= 15 is 0 Å². The third-order valence-electron chi connectivity index (χ3n) is 5.88. The van der Waals surface area contributed by atoms with Gasteiger partial charge in [-0.25, -0.2) is 8.42 Å². The molecule has 6 nitrogen and oxygen atoms in total. The molecule has 7 heteroatoms. The number of anilines is 1. The van der Waals surface area contributed by atoms with Gasteiger partial charge in [0, 0.05) is 13.6 Å². The van der Waals surface area contributed by atoms with E-state index in [2.05, 4.69) is 29.3 Å². The maximum atomic E-state index is 13.0. The van der Waals surface area contributed by atoms with Gasteiger partial charge in [-0.3, -0.25) is 14.0 Å². The van der Waals surface area contributed by atoms with Crippen LogP contribution in [0.1, 0.15) is 41.7 Å². The van der Waals surface area contributed by atoms with Crippen molar-refractivity contribution in [2.75, 3.05) is 37.2 Å². The van der Waals surface area contributed by atoms with Crippen LogP contribution in [0.15, 0.2) is 54.6 Å². The highest BCUT2D eigenvalue weighted by Crippen LogP contribution is 2.27. The second-order valence-electron chi connectivity index (χ2n) is 8.10. The summed E-state index contributed by atoms with van der Waals surface area (Å²) in [5.41, 5.74) is 1.90. The fraction of sp³-hybridized carbons (Fsp3) is 0.435. The Balaban J connectivity index is 1.79. The molecule has 1 amide bonds. The fourth-order valence-corrected chi connectivity index (χ4v) is 4.39. The molecule has 0 aliphatic carbocycles. The Kier molecular flexibility index (Phi) is 7.15. The van der Waals surface area contributed by atoms with Crippen molar-refractivity contribution >= 4 is 21.6 Å². The van der Waals surface area contributed by atoms with Crippen LogP contribution in [0.5, 0.6) is 0 Å². The molecule has 0 radical (unpaired) electrons. The quantitative estimate of drug-likeness (QED) is 0.733. The summed E-state index contributed by atoms with van der Waals surface area (Å²) in [7, 11) is -2.00. The van der Waals surface area contributed by atoms with Crippen molar-refractivity contribution < 1.29 is 13.2 Å². The number of amides is 1. The van der Waals surface area contributed by atoms with Gasteiger partial charge in [0.1, 0.15) is 0 Å². The van der Waals surface area contributed by atoms with Crippen LogP contribution in [0.25, 0.3) is 0 Å². The van der Waals surface area contributed by atoms with Crippen LogP contribution in [0.2, 0.25) is 0 Å². The monoisotopic (exact) mass is 429 g/mol. The van der Waals surface area contributed by atoms with E-state index in [4.69, 9.17) is 0 Å². The number of rotatable bonds is 7. The third-order valence-corrected chi connectivity index (χ3v) is 7.08. The third kappa shape index (κ3) is 5.40. The normalized spacial score (nSPS) is 16.8. The predicted octanol–water partition coefficient (Wildman–Crippen LogP) is 3.29. The van der Waals surface area contributed by atoms with E-state index in [0.717, 1.165) is 42.4 Å². The number of benzene rings is 2. The van der Waals surface area contributed by atoms with Crippen molar-refractivity contribution in [1.82, 2.24) is 10.2 Å². The Bertz CT molecular complexity index is 955. The number of hydrogen-bond acceptors (Lipinski definition) is 4. The van der Waals surface area contributed by atoms with E-state index < -0.39 is 10.0 Å². The van der Waals surface area contributed by atoms with E-state index in [1.165, 1.54) is 12.6 Å². The second-order valence-corrected chi connectivity index (χ2v) is 10.1. The maximum Gasteiger partial charge on any atom is 0.253 e. The van der Waals surface area contributed by atoms with Gasteiger partial charge in [0.05, 0.1) is 23.5 Å². The van der Waals surface area contributed by atoms with E-state index in [1.807, 2.05) is 18.2 Å². The lowest BCUT2D eigenvalue weighted by molar-refractivity contribution is 0.0913. The van der Waals surface area contributed by atoms with Gasteiger partial charge in [0.15, 0.2) is 0 Å². The van der Waals surface area contributed by atoms with Crippen molar-refractivity contribution in [3.8, 4) is 0 Å². The molecule has 30 heavy (non-hydrogen) atoms. The highest BCUT2D eigenvalue weighted by Gasteiger charge is 2.26. The Morgan fingerprint density at radius 3 is 2.33 bits per heavy atom. The summed E-state index contributed by atoms with van der Waals surface area (Å²) in [5.74, 6) is 0.457. The molecule has 2 aromatic carbocycles. The fourth-order valence-electron chi connectivity index (χ4n) is 3.88. The summed E-state index contributed by atoms with van der Waals surface area (Å²) in [6.45, 7) is 4.76. The predicted molar refractivity (Wildman–Crippen MR) is 121 cm³/mol. The summed E-state index contributed by atoms with van der Waals surface area (Å²) in [6, 6.07) is 17.1. The second kappa shape index (κ2) is 9.62. The number of hydrogen-bond donors (Lipinski definition) is 1. The summed E-state index contributed by atoms with van der Waals surface area (Å²) in [5, 5.41) is 3.05. The Morgan fingerprint density at radius 1 is 1.10 bits per heavy atom. The number of carbonyl (C=O) groups excluding carboxylic acids is 1. The zero-order valence-corrected chi connectivity index (χ0v) is 18.7. The van der Waals surface area contributed by atoms with E-state index in [0.29, 0.717) is 17.8 Å². The van der Waals surface area contributed by atoms with Gasteiger partial charge in [-0.15, -0.1) is 0 Å². The minimum atomic E-state index is -3.46. The van der Waals surface area contributed by atoms with Crippen LogP contribution in [-0.2, 0) is 10.0 Å². The first kappa shape index (κ1) is 22.3. The van der Waals surface area contributed by atoms with E-state index in [-0.39, 0.29) is 11.9 Å². The molecule has 2 aromatic rings. The molecule has 1 heterocycles. The molecule has 1 unspecified atom stereocenters. The minimum Gasteiger partial charge on any atom is -0.350 e. The molecule has 1 saturated heterocycles. The number of carbonyl (C=O) groups is 1. The summed E-state index contributed by atoms with van der Waals surface area (Å²) >= 11 is 0. The molecule has 1 fully saturated rings. The van der Waals surface area contributed by atoms with Gasteiger partial charge >= 0.3 is 0 Å². The maximum absolute atomic E-state index is 13.0. The van der Waals surface area contributed by atoms with Gasteiger partial charge in [-0.2, -0.15) is 0 Å². The molecular weight excluding hydrogens is 398 g/mol. The van der Waals surface area contributed by atoms with E-state index in [9.17, 15) is 13.2 Å². The molecule has 1 aliphatic heterocycles. The zero-order chi connectivity index (χ0) is 21.7. The average molecular weight is 430 g/mol. The van der Waals surface area contributed by atoms with Crippen molar-refractivity contribution in [2.24, 2.45) is 5.92 Å². The van der Waals surface area contributed by atoms with Gasteiger partial charge in [0.25, 0.3) is 5.91 Å². The van der Waals surface area contributed by atoms with Crippen LogP contribution in [-0.4, -0.2) is 52.2 Å². The van der Waals surface area contributed by atoms with Gasteiger partial charge in [-0.1, -0.05) is 49.4 Å². The molecule has 1 N–H and O–H groups in total. The first-order valence-corrected chi connectivity index (χ1v) is 12.2. The molecule has 0 aromatic heterocycles. The summed E-state index contributed by atoms with van der Waals surface area (Å²) in [4.78, 5) is 15.5. The van der Waals surface area contributed by atoms with Crippen LogP contribution >= 0.6 is 0 Å². The molecule has 0 bridgehead atoms. The topological polar surface area (TPSA) is 69.7 Å². The van der Waals surface area contributed by atoms with Gasteiger partial charge in [-0.05, 0) is 49.5 Å². The number of sulfonamides is 1. The molecular formula is C23H31N3O3S. The Morgan fingerprint density at radius 2 is 1.70 bits per heavy atom. The lowest BCUT2D eigenvalue weighted by atomic mass is 9.95. The molecule has 162 valence electrons. The lowest BCUT2D eigenvalue weighted by Gasteiger charge is -2.37. The minimum absolute atomic E-state index is 0.0856. The van der Waals surface area contributed by atoms with Gasteiger partial charge < -0.3 is 5.32 Å². The standard InChI is InChI=1S/C23H31N3O3S/c1-18-13-15-26(16-14-18)22(19-9-5-4-6-10-19)17-24-23(27)20-11-7-8-12-21(20)25(2)30(3,28)29/h4-12,18,22H,13-17H2,1-3H3,(H,24,27). The van der Waals surface area contributed by atoms with Crippen LogP contribution < -0.4 is 9.62 Å². The highest BCUT2D eigenvalue weighted by molar-refractivity contribution is 7.92. The average Bonchev–Trinajstić information content (AvgIpc) is 2.74. The molecule has 1 atom stereocenters. The first-order chi connectivity index (χ1) is 14.3. The number of piperidine rings is 1. The first-order valence-electron chi connectivity index (χ1n) is 10.4. The summed E-state index contributed by atoms with van der Waals surface area (Å²) < 4.78 is 25.1. The largest absolute Gasteiger partial charge is 0.350 e. The van der Waals surface area contributed by atoms with Crippen LogP contribution in [0.3, 0.4) is 0 Å². The Hall–Kier alpha value is -2.38. The summed E-state index contributed by atoms with van der Waals surface area (Å²) in [6.07, 6.45) is 3.43. The van der Waals surface area contributed by atoms with E-state index in [1.54, 1.807) is 24.3 Å². The lowest BCUT2D eigenvalue weighted by Crippen LogP contribution is -2.42. The van der Waals surface area contributed by atoms with Crippen LogP contribution in [0, 0.1) is 5.92 Å². The number of para-hydroxylation sites is 1. The molecule has 0 spiro atoms. The SMILES string of the molecule is CC1CCN(C(CNC(=O)c2ccccc2N(C)S(C)(=O)=O)c2ccccc2)CC1. The zero-order valence-electron chi connectivity index (χ0n) is 17.9. The van der Waals surface area contributed by atoms with Crippen molar-refractivity contribution in [3.05, 3.63) is 65.7 Å². The van der Waals surface area contributed by atoms with Gasteiger partial charge in [0.2, 0.25) is 10.0 Å². The highest BCUT2D eigenvalue weighted by atomic mass is 32.2. The molecule has 3 rings (SSSR count). The van der Waals surface area contributed by atoms with Crippen molar-refractivity contribution in [2.45, 2.75) is 25.8 Å². The molecule has 1 aliphatic rings. The molecule has 0 saturated carbocycles.